The van der Waals surface area contributed by atoms with Crippen molar-refractivity contribution < 1.29 is 8.42 Å². The highest BCUT2D eigenvalue weighted by Gasteiger charge is 2.35. The van der Waals surface area contributed by atoms with Crippen molar-refractivity contribution in [3.05, 3.63) is 54.4 Å². The molecule has 1 aromatic carbocycles. The van der Waals surface area contributed by atoms with E-state index in [4.69, 9.17) is 22.1 Å². The Morgan fingerprint density at radius 3 is 2.42 bits per heavy atom. The lowest BCUT2D eigenvalue weighted by molar-refractivity contribution is 0.469. The van der Waals surface area contributed by atoms with Gasteiger partial charge in [-0.2, -0.15) is 10.5 Å². The molecule has 2 rings (SSSR count). The molecule has 0 radical (unpaired) electrons. The van der Waals surface area contributed by atoms with Crippen LogP contribution in [0.3, 0.4) is 0 Å². The summed E-state index contributed by atoms with van der Waals surface area (Å²) in [6, 6.07) is 10.9. The van der Waals surface area contributed by atoms with E-state index in [0.717, 1.165) is 5.57 Å². The molecule has 0 aromatic heterocycles. The largest absolute Gasteiger partial charge is 0.327 e. The zero-order valence-corrected chi connectivity index (χ0v) is 14.6. The van der Waals surface area contributed by atoms with Crippen molar-refractivity contribution in [2.45, 2.75) is 29.0 Å². The van der Waals surface area contributed by atoms with Gasteiger partial charge in [0.15, 0.2) is 9.84 Å². The van der Waals surface area contributed by atoms with Gasteiger partial charge in [-0.15, -0.1) is 11.6 Å². The van der Waals surface area contributed by atoms with Crippen LogP contribution in [0.2, 0.25) is 0 Å². The third-order valence-electron chi connectivity index (χ3n) is 3.81. The summed E-state index contributed by atoms with van der Waals surface area (Å²) in [4.78, 5) is 1.64. The molecule has 5 nitrogen and oxygen atoms in total. The molecule has 0 saturated carbocycles. The Morgan fingerprint density at radius 2 is 1.88 bits per heavy atom. The number of nitriles is 2. The smallest absolute Gasteiger partial charge is 0.208 e. The number of rotatable bonds is 5. The summed E-state index contributed by atoms with van der Waals surface area (Å²) < 4.78 is 24.3. The predicted octanol–water partition coefficient (Wildman–Crippen LogP) is 3.18. The summed E-state index contributed by atoms with van der Waals surface area (Å²) in [6.45, 7) is 1.88. The minimum absolute atomic E-state index is 0.170. The van der Waals surface area contributed by atoms with Crippen LogP contribution in [0.5, 0.6) is 0 Å². The second kappa shape index (κ2) is 7.53. The number of sulfone groups is 1. The van der Waals surface area contributed by atoms with Crippen molar-refractivity contribution in [2.24, 2.45) is 5.92 Å². The van der Waals surface area contributed by atoms with Crippen LogP contribution in [0.15, 0.2) is 59.3 Å². The van der Waals surface area contributed by atoms with Crippen molar-refractivity contribution >= 4 is 21.4 Å². The molecule has 2 atom stereocenters. The molecule has 1 aliphatic rings. The molecule has 0 N–H and O–H groups in total. The highest BCUT2D eigenvalue weighted by molar-refractivity contribution is 7.93. The molecule has 0 saturated heterocycles. The first-order valence-corrected chi connectivity index (χ1v) is 9.32. The molecule has 0 fully saturated rings. The van der Waals surface area contributed by atoms with Crippen LogP contribution in [0.25, 0.3) is 0 Å². The van der Waals surface area contributed by atoms with Crippen molar-refractivity contribution in [1.82, 2.24) is 4.90 Å². The molecule has 1 aliphatic heterocycles. The Labute approximate surface area is 147 Å². The summed E-state index contributed by atoms with van der Waals surface area (Å²) in [5.41, 5.74) is 0.757. The van der Waals surface area contributed by atoms with Gasteiger partial charge in [0.2, 0.25) is 6.04 Å². The van der Waals surface area contributed by atoms with Gasteiger partial charge in [-0.1, -0.05) is 31.2 Å². The van der Waals surface area contributed by atoms with Gasteiger partial charge in [-0.3, -0.25) is 0 Å². The van der Waals surface area contributed by atoms with E-state index >= 15 is 0 Å². The van der Waals surface area contributed by atoms with Crippen LogP contribution in [0.4, 0.5) is 0 Å². The van der Waals surface area contributed by atoms with Crippen molar-refractivity contribution in [3.8, 4) is 12.1 Å². The molecule has 124 valence electrons. The summed E-state index contributed by atoms with van der Waals surface area (Å²) in [6.07, 6.45) is 5.37. The minimum atomic E-state index is -3.71. The van der Waals surface area contributed by atoms with Gasteiger partial charge in [-0.05, 0) is 24.1 Å². The number of alkyl halides is 1. The second-order valence-corrected chi connectivity index (χ2v) is 8.04. The zero-order valence-electron chi connectivity index (χ0n) is 13.0. The number of allylic oxidation sites excluding steroid dienone is 2. The fraction of sp³-hybridized carbons (Fsp3) is 0.294. The average molecular weight is 362 g/mol. The standard InChI is InChI=1S/C17H16ClN3O2S/c1-2-13-12-21(14(10-19)11-20)9-8-16(13)17(18)24(22,23)15-6-4-3-5-7-15/h3-9,12,14,16-17H,2H2,1H3. The number of hydrogen-bond donors (Lipinski definition) is 0. The first-order valence-electron chi connectivity index (χ1n) is 7.34. The number of nitrogens with zero attached hydrogens (tertiary/aromatic N) is 3. The van der Waals surface area contributed by atoms with Gasteiger partial charge < -0.3 is 4.90 Å². The molecule has 1 aromatic rings. The Kier molecular flexibility index (Phi) is 5.66. The average Bonchev–Trinajstić information content (AvgIpc) is 2.62. The van der Waals surface area contributed by atoms with E-state index < -0.39 is 26.5 Å². The summed E-state index contributed by atoms with van der Waals surface area (Å²) in [5, 5.41) is 18.0. The molecule has 24 heavy (non-hydrogen) atoms. The first-order chi connectivity index (χ1) is 11.5. The fourth-order valence-electron chi connectivity index (χ4n) is 2.47. The predicted molar refractivity (Wildman–Crippen MR) is 91.1 cm³/mol. The van der Waals surface area contributed by atoms with Crippen molar-refractivity contribution in [3.63, 3.8) is 0 Å². The Hall–Kier alpha value is -2.28. The van der Waals surface area contributed by atoms with Crippen LogP contribution in [0.1, 0.15) is 13.3 Å². The van der Waals surface area contributed by atoms with Crippen LogP contribution in [0, 0.1) is 28.6 Å². The molecular formula is C17H16ClN3O2S. The molecule has 2 unspecified atom stereocenters. The van der Waals surface area contributed by atoms with Crippen molar-refractivity contribution in [2.75, 3.05) is 0 Å². The maximum absolute atomic E-state index is 12.7. The molecule has 7 heteroatoms. The van der Waals surface area contributed by atoms with E-state index in [1.165, 1.54) is 23.2 Å². The summed E-state index contributed by atoms with van der Waals surface area (Å²) in [5.74, 6) is -0.517. The number of halogens is 1. The quantitative estimate of drug-likeness (QED) is 0.752. The summed E-state index contributed by atoms with van der Waals surface area (Å²) in [7, 11) is -3.71. The van der Waals surface area contributed by atoms with Crippen LogP contribution < -0.4 is 0 Å². The molecule has 0 spiro atoms. The van der Waals surface area contributed by atoms with E-state index in [-0.39, 0.29) is 4.90 Å². The number of hydrogen-bond acceptors (Lipinski definition) is 5. The first kappa shape index (κ1) is 18.1. The van der Waals surface area contributed by atoms with E-state index in [9.17, 15) is 8.42 Å². The van der Waals surface area contributed by atoms with Crippen LogP contribution in [-0.2, 0) is 9.84 Å². The lowest BCUT2D eigenvalue weighted by atomic mass is 9.96. The lowest BCUT2D eigenvalue weighted by Gasteiger charge is -2.29. The highest BCUT2D eigenvalue weighted by Crippen LogP contribution is 2.34. The molecule has 1 heterocycles. The molecule has 0 aliphatic carbocycles. The number of benzene rings is 1. The maximum Gasteiger partial charge on any atom is 0.208 e. The van der Waals surface area contributed by atoms with Gasteiger partial charge in [0.05, 0.1) is 4.90 Å². The topological polar surface area (TPSA) is 85.0 Å². The highest BCUT2D eigenvalue weighted by atomic mass is 35.5. The molecule has 0 amide bonds. The van der Waals surface area contributed by atoms with Gasteiger partial charge in [-0.25, -0.2) is 8.42 Å². The third-order valence-corrected chi connectivity index (χ3v) is 6.60. The SMILES string of the molecule is CCC1=CN(C(C#N)C#N)C=CC1C(Cl)S(=O)(=O)c1ccccc1. The van der Waals surface area contributed by atoms with Crippen LogP contribution in [-0.4, -0.2) is 24.1 Å². The van der Waals surface area contributed by atoms with Gasteiger partial charge in [0.1, 0.15) is 16.8 Å². The monoisotopic (exact) mass is 361 g/mol. The molecule has 0 bridgehead atoms. The van der Waals surface area contributed by atoms with Crippen molar-refractivity contribution in [1.29, 1.82) is 10.5 Å². The Bertz CT molecular complexity index is 821. The normalized spacial score (nSPS) is 18.6. The van der Waals surface area contributed by atoms with Crippen LogP contribution >= 0.6 is 11.6 Å². The van der Waals surface area contributed by atoms with E-state index in [0.29, 0.717) is 6.42 Å². The lowest BCUT2D eigenvalue weighted by Crippen LogP contribution is -2.31. The zero-order chi connectivity index (χ0) is 17.7. The summed E-state index contributed by atoms with van der Waals surface area (Å²) >= 11 is 6.33. The fourth-order valence-corrected chi connectivity index (χ4v) is 4.48. The second-order valence-electron chi connectivity index (χ2n) is 5.24. The van der Waals surface area contributed by atoms with E-state index in [2.05, 4.69) is 0 Å². The van der Waals surface area contributed by atoms with E-state index in [1.54, 1.807) is 30.5 Å². The van der Waals surface area contributed by atoms with Gasteiger partial charge in [0.25, 0.3) is 0 Å². The Balaban J connectivity index is 2.33. The maximum atomic E-state index is 12.7. The van der Waals surface area contributed by atoms with E-state index in [1.807, 2.05) is 19.1 Å². The van der Waals surface area contributed by atoms with Gasteiger partial charge >= 0.3 is 0 Å². The Morgan fingerprint density at radius 1 is 1.25 bits per heavy atom. The minimum Gasteiger partial charge on any atom is -0.327 e. The van der Waals surface area contributed by atoms with Gasteiger partial charge in [0, 0.05) is 18.3 Å². The molecular weight excluding hydrogens is 346 g/mol. The third kappa shape index (κ3) is 3.46.